The number of rotatable bonds is 5. The van der Waals surface area contributed by atoms with Crippen LogP contribution in [0.25, 0.3) is 0 Å². The van der Waals surface area contributed by atoms with Crippen molar-refractivity contribution >= 4 is 18.2 Å². The summed E-state index contributed by atoms with van der Waals surface area (Å²) in [5, 5.41) is 4.44. The van der Waals surface area contributed by atoms with Crippen molar-refractivity contribution in [2.75, 3.05) is 6.61 Å². The highest BCUT2D eigenvalue weighted by Crippen LogP contribution is 2.08. The van der Waals surface area contributed by atoms with E-state index < -0.39 is 29.9 Å². The van der Waals surface area contributed by atoms with E-state index in [0.29, 0.717) is 6.42 Å². The molecule has 0 saturated carbocycles. The number of benzene rings is 1. The van der Waals surface area contributed by atoms with Crippen LogP contribution in [-0.2, 0) is 15.9 Å². The van der Waals surface area contributed by atoms with Gasteiger partial charge in [-0.2, -0.15) is 0 Å². The van der Waals surface area contributed by atoms with Crippen molar-refractivity contribution in [2.24, 2.45) is 5.73 Å². The van der Waals surface area contributed by atoms with Gasteiger partial charge in [-0.3, -0.25) is 0 Å². The molecule has 8 nitrogen and oxygen atoms in total. The molecule has 0 heterocycles. The van der Waals surface area contributed by atoms with Crippen LogP contribution in [0.5, 0.6) is 0 Å². The predicted octanol–water partition coefficient (Wildman–Crippen LogP) is 1.93. The second-order valence-corrected chi connectivity index (χ2v) is 6.12. The third-order valence-electron chi connectivity index (χ3n) is 2.69. The van der Waals surface area contributed by atoms with Gasteiger partial charge in [0.05, 0.1) is 6.04 Å². The number of nitrogens with two attached hydrogens (primary N) is 1. The van der Waals surface area contributed by atoms with E-state index in [9.17, 15) is 14.4 Å². The van der Waals surface area contributed by atoms with E-state index in [4.69, 9.17) is 15.2 Å². The van der Waals surface area contributed by atoms with Gasteiger partial charge >= 0.3 is 18.2 Å². The van der Waals surface area contributed by atoms with Gasteiger partial charge in [-0.1, -0.05) is 30.3 Å². The van der Waals surface area contributed by atoms with Gasteiger partial charge < -0.3 is 20.5 Å². The normalized spacial score (nSPS) is 12.0. The number of hydrogen-bond donors (Lipinski definition) is 3. The minimum Gasteiger partial charge on any atom is -0.447 e. The van der Waals surface area contributed by atoms with Crippen molar-refractivity contribution < 1.29 is 23.9 Å². The third kappa shape index (κ3) is 8.62. The smallest absolute Gasteiger partial charge is 0.415 e. The molecule has 0 aliphatic carbocycles. The van der Waals surface area contributed by atoms with E-state index in [-0.39, 0.29) is 6.61 Å². The average molecular weight is 337 g/mol. The zero-order chi connectivity index (χ0) is 18.2. The fourth-order valence-electron chi connectivity index (χ4n) is 1.84. The highest BCUT2D eigenvalue weighted by molar-refractivity contribution is 5.89. The molecule has 0 fully saturated rings. The molecule has 0 aromatic heterocycles. The van der Waals surface area contributed by atoms with Gasteiger partial charge in [0.25, 0.3) is 0 Å². The second-order valence-electron chi connectivity index (χ2n) is 6.12. The van der Waals surface area contributed by atoms with Crippen molar-refractivity contribution in [1.82, 2.24) is 10.6 Å². The van der Waals surface area contributed by atoms with Crippen LogP contribution in [0.15, 0.2) is 30.3 Å². The number of ether oxygens (including phenoxy) is 2. The molecule has 0 aliphatic rings. The van der Waals surface area contributed by atoms with E-state index in [2.05, 4.69) is 5.32 Å². The van der Waals surface area contributed by atoms with Crippen molar-refractivity contribution in [3.05, 3.63) is 35.9 Å². The molecule has 4 N–H and O–H groups in total. The van der Waals surface area contributed by atoms with Crippen LogP contribution in [0, 0.1) is 0 Å². The van der Waals surface area contributed by atoms with Crippen molar-refractivity contribution in [1.29, 1.82) is 0 Å². The lowest BCUT2D eigenvalue weighted by atomic mass is 10.1. The van der Waals surface area contributed by atoms with E-state index in [1.54, 1.807) is 26.1 Å². The van der Waals surface area contributed by atoms with Crippen LogP contribution < -0.4 is 16.4 Å². The molecule has 0 unspecified atom stereocenters. The quantitative estimate of drug-likeness (QED) is 0.758. The van der Waals surface area contributed by atoms with Gasteiger partial charge in [-0.05, 0) is 32.8 Å². The van der Waals surface area contributed by atoms with Gasteiger partial charge in [0.1, 0.15) is 12.2 Å². The summed E-state index contributed by atoms with van der Waals surface area (Å²) < 4.78 is 10.1. The monoisotopic (exact) mass is 337 g/mol. The summed E-state index contributed by atoms with van der Waals surface area (Å²) in [4.78, 5) is 33.9. The summed E-state index contributed by atoms with van der Waals surface area (Å²) in [7, 11) is 0. The van der Waals surface area contributed by atoms with E-state index in [1.807, 2.05) is 30.3 Å². The number of alkyl carbamates (subject to hydrolysis) is 2. The van der Waals surface area contributed by atoms with Gasteiger partial charge in [0, 0.05) is 0 Å². The summed E-state index contributed by atoms with van der Waals surface area (Å²) in [6, 6.07) is 7.82. The van der Waals surface area contributed by atoms with Gasteiger partial charge in [-0.15, -0.1) is 0 Å². The molecule has 1 aromatic carbocycles. The molecule has 1 aromatic rings. The van der Waals surface area contributed by atoms with Crippen LogP contribution in [-0.4, -0.2) is 36.5 Å². The Morgan fingerprint density at radius 1 is 1.12 bits per heavy atom. The van der Waals surface area contributed by atoms with Crippen LogP contribution in [0.4, 0.5) is 14.4 Å². The van der Waals surface area contributed by atoms with Gasteiger partial charge in [0.15, 0.2) is 0 Å². The predicted molar refractivity (Wildman–Crippen MR) is 87.4 cm³/mol. The number of primary amides is 1. The number of urea groups is 1. The van der Waals surface area contributed by atoms with Crippen molar-refractivity contribution in [3.8, 4) is 0 Å². The zero-order valence-corrected chi connectivity index (χ0v) is 14.0. The summed E-state index contributed by atoms with van der Waals surface area (Å²) in [6.45, 7) is 5.09. The standard InChI is InChI=1S/C16H23N3O5/c1-16(2,3)24-15(22)18-12(9-11-7-5-4-6-8-11)10-23-14(21)19-13(17)20/h4-8,12H,9-10H2,1-3H3,(H,18,22)(H3,17,19,20,21)/t12-/m1/s1. The van der Waals surface area contributed by atoms with Crippen LogP contribution >= 0.6 is 0 Å². The summed E-state index contributed by atoms with van der Waals surface area (Å²) in [5.41, 5.74) is 5.13. The molecule has 1 rings (SSSR count). The molecule has 4 amide bonds. The summed E-state index contributed by atoms with van der Waals surface area (Å²) in [6.07, 6.45) is -1.18. The van der Waals surface area contributed by atoms with E-state index in [0.717, 1.165) is 5.56 Å². The van der Waals surface area contributed by atoms with Gasteiger partial charge in [-0.25, -0.2) is 19.7 Å². The first kappa shape index (κ1) is 19.3. The molecule has 1 atom stereocenters. The van der Waals surface area contributed by atoms with Crippen LogP contribution in [0.3, 0.4) is 0 Å². The first-order valence-electron chi connectivity index (χ1n) is 7.42. The summed E-state index contributed by atoms with van der Waals surface area (Å²) in [5.74, 6) is 0. The Balaban J connectivity index is 2.66. The third-order valence-corrected chi connectivity index (χ3v) is 2.69. The number of amides is 4. The van der Waals surface area contributed by atoms with E-state index in [1.165, 1.54) is 0 Å². The van der Waals surface area contributed by atoms with Crippen LogP contribution in [0.1, 0.15) is 26.3 Å². The highest BCUT2D eigenvalue weighted by Gasteiger charge is 2.21. The van der Waals surface area contributed by atoms with Crippen molar-refractivity contribution in [3.63, 3.8) is 0 Å². The van der Waals surface area contributed by atoms with Crippen molar-refractivity contribution in [2.45, 2.75) is 38.8 Å². The topological polar surface area (TPSA) is 120 Å². The maximum absolute atomic E-state index is 11.9. The molecule has 0 saturated heterocycles. The number of carbonyl (C=O) groups excluding carboxylic acids is 3. The molecule has 0 radical (unpaired) electrons. The average Bonchev–Trinajstić information content (AvgIpc) is 2.43. The first-order chi connectivity index (χ1) is 11.2. The lowest BCUT2D eigenvalue weighted by Crippen LogP contribution is -2.44. The number of hydrogen-bond acceptors (Lipinski definition) is 5. The summed E-state index contributed by atoms with van der Waals surface area (Å²) >= 11 is 0. The maximum Gasteiger partial charge on any atom is 0.415 e. The number of carbonyl (C=O) groups is 3. The molecular formula is C16H23N3O5. The lowest BCUT2D eigenvalue weighted by molar-refractivity contribution is 0.0472. The molecule has 0 bridgehead atoms. The Bertz CT molecular complexity index is 569. The Morgan fingerprint density at radius 2 is 1.75 bits per heavy atom. The largest absolute Gasteiger partial charge is 0.447 e. The molecule has 0 aliphatic heterocycles. The molecule has 132 valence electrons. The Morgan fingerprint density at radius 3 is 2.29 bits per heavy atom. The van der Waals surface area contributed by atoms with Gasteiger partial charge in [0.2, 0.25) is 0 Å². The molecule has 24 heavy (non-hydrogen) atoms. The zero-order valence-electron chi connectivity index (χ0n) is 14.0. The number of nitrogens with one attached hydrogen (secondary N) is 2. The van der Waals surface area contributed by atoms with Crippen LogP contribution in [0.2, 0.25) is 0 Å². The second kappa shape index (κ2) is 8.76. The fourth-order valence-corrected chi connectivity index (χ4v) is 1.84. The molecular weight excluding hydrogens is 314 g/mol. The Hall–Kier alpha value is -2.77. The SMILES string of the molecule is CC(C)(C)OC(=O)N[C@@H](COC(=O)NC(N)=O)Cc1ccccc1. The maximum atomic E-state index is 11.9. The molecule has 8 heteroatoms. The first-order valence-corrected chi connectivity index (χ1v) is 7.42. The number of imide groups is 1. The lowest BCUT2D eigenvalue weighted by Gasteiger charge is -2.23. The minimum absolute atomic E-state index is 0.146. The Labute approximate surface area is 140 Å². The van der Waals surface area contributed by atoms with E-state index >= 15 is 0 Å². The molecule has 0 spiro atoms. The highest BCUT2D eigenvalue weighted by atomic mass is 16.6. The minimum atomic E-state index is -1.01. The fraction of sp³-hybridized carbons (Fsp3) is 0.438. The Kier molecular flexibility index (Phi) is 7.03.